The molecule has 0 spiro atoms. The van der Waals surface area contributed by atoms with Crippen LogP contribution in [0.5, 0.6) is 0 Å². The van der Waals surface area contributed by atoms with Crippen LogP contribution in [-0.2, 0) is 4.74 Å². The maximum absolute atomic E-state index is 11.4. The number of hydrogen-bond donors (Lipinski definition) is 2. The Morgan fingerprint density at radius 3 is 2.90 bits per heavy atom. The van der Waals surface area contributed by atoms with Gasteiger partial charge in [-0.2, -0.15) is 0 Å². The minimum atomic E-state index is -0.471. The molecule has 4 heteroatoms. The van der Waals surface area contributed by atoms with Crippen LogP contribution in [0.2, 0.25) is 0 Å². The van der Waals surface area contributed by atoms with Crippen molar-refractivity contribution in [3.63, 3.8) is 0 Å². The predicted octanol–water partition coefficient (Wildman–Crippen LogP) is 3.43. The van der Waals surface area contributed by atoms with Crippen molar-refractivity contribution in [3.8, 4) is 11.8 Å². The highest BCUT2D eigenvalue weighted by molar-refractivity contribution is 5.80. The van der Waals surface area contributed by atoms with Crippen LogP contribution in [0.25, 0.3) is 10.9 Å². The van der Waals surface area contributed by atoms with Crippen LogP contribution in [0, 0.1) is 11.8 Å². The van der Waals surface area contributed by atoms with Gasteiger partial charge in [0.25, 0.3) is 0 Å². The molecule has 1 amide bonds. The molecule has 0 atom stereocenters. The maximum Gasteiger partial charge on any atom is 0.407 e. The summed E-state index contributed by atoms with van der Waals surface area (Å²) in [6, 6.07) is 8.07. The van der Waals surface area contributed by atoms with Gasteiger partial charge >= 0.3 is 6.09 Å². The molecule has 2 aromatic rings. The molecule has 2 N–H and O–H groups in total. The van der Waals surface area contributed by atoms with Crippen molar-refractivity contribution in [1.82, 2.24) is 10.3 Å². The average molecular weight is 284 g/mol. The van der Waals surface area contributed by atoms with E-state index in [1.165, 1.54) is 5.39 Å². The first kappa shape index (κ1) is 15.0. The number of alkyl carbamates (subject to hydrolysis) is 1. The van der Waals surface area contributed by atoms with Gasteiger partial charge in [-0.25, -0.2) is 4.79 Å². The summed E-state index contributed by atoms with van der Waals surface area (Å²) in [5.41, 5.74) is 1.57. The normalized spacial score (nSPS) is 10.8. The Hall–Kier alpha value is -2.41. The van der Waals surface area contributed by atoms with E-state index >= 15 is 0 Å². The zero-order valence-corrected chi connectivity index (χ0v) is 12.6. The van der Waals surface area contributed by atoms with Gasteiger partial charge in [-0.1, -0.05) is 17.9 Å². The third-order valence-corrected chi connectivity index (χ3v) is 2.71. The summed E-state index contributed by atoms with van der Waals surface area (Å²) in [4.78, 5) is 14.6. The Labute approximate surface area is 124 Å². The van der Waals surface area contributed by atoms with E-state index in [4.69, 9.17) is 4.74 Å². The van der Waals surface area contributed by atoms with Gasteiger partial charge in [0, 0.05) is 30.2 Å². The highest BCUT2D eigenvalue weighted by atomic mass is 16.6. The second-order valence-corrected chi connectivity index (χ2v) is 5.76. The number of fused-ring (bicyclic) bond motifs is 1. The highest BCUT2D eigenvalue weighted by Crippen LogP contribution is 2.13. The number of amides is 1. The SMILES string of the molecule is CC(C)(C)OC(=O)NCCC#Cc1ccc2cc[nH]c2c1. The average Bonchev–Trinajstić information content (AvgIpc) is 2.83. The first-order chi connectivity index (χ1) is 9.94. The summed E-state index contributed by atoms with van der Waals surface area (Å²) >= 11 is 0. The predicted molar refractivity (Wildman–Crippen MR) is 84.0 cm³/mol. The van der Waals surface area contributed by atoms with Gasteiger partial charge in [0.15, 0.2) is 0 Å². The van der Waals surface area contributed by atoms with E-state index in [0.717, 1.165) is 11.1 Å². The molecule has 21 heavy (non-hydrogen) atoms. The molecule has 0 aliphatic carbocycles. The Bertz CT molecular complexity index is 684. The van der Waals surface area contributed by atoms with Crippen LogP contribution in [0.4, 0.5) is 4.79 Å². The lowest BCUT2D eigenvalue weighted by Gasteiger charge is -2.19. The number of rotatable bonds is 2. The van der Waals surface area contributed by atoms with Gasteiger partial charge in [0.05, 0.1) is 0 Å². The third-order valence-electron chi connectivity index (χ3n) is 2.71. The molecular formula is C17H20N2O2. The van der Waals surface area contributed by atoms with Crippen LogP contribution in [0.15, 0.2) is 30.5 Å². The zero-order chi connectivity index (χ0) is 15.3. The number of carbonyl (C=O) groups is 1. The fourth-order valence-corrected chi connectivity index (χ4v) is 1.83. The first-order valence-corrected chi connectivity index (χ1v) is 6.97. The van der Waals surface area contributed by atoms with Crippen molar-refractivity contribution in [3.05, 3.63) is 36.0 Å². The van der Waals surface area contributed by atoms with Crippen LogP contribution >= 0.6 is 0 Å². The number of carbonyl (C=O) groups excluding carboxylic acids is 1. The van der Waals surface area contributed by atoms with Crippen LogP contribution in [0.1, 0.15) is 32.8 Å². The Morgan fingerprint density at radius 2 is 2.14 bits per heavy atom. The van der Waals surface area contributed by atoms with Crippen molar-refractivity contribution in [2.45, 2.75) is 32.8 Å². The second-order valence-electron chi connectivity index (χ2n) is 5.76. The Balaban J connectivity index is 1.80. The van der Waals surface area contributed by atoms with Gasteiger partial charge in [-0.15, -0.1) is 0 Å². The lowest BCUT2D eigenvalue weighted by molar-refractivity contribution is 0.0529. The summed E-state index contributed by atoms with van der Waals surface area (Å²) in [6.45, 7) is 5.99. The summed E-state index contributed by atoms with van der Waals surface area (Å²) in [5, 5.41) is 3.85. The van der Waals surface area contributed by atoms with Crippen molar-refractivity contribution in [1.29, 1.82) is 0 Å². The van der Waals surface area contributed by atoms with Crippen LogP contribution in [0.3, 0.4) is 0 Å². The van der Waals surface area contributed by atoms with Gasteiger partial charge in [-0.05, 0) is 44.4 Å². The molecule has 0 radical (unpaired) electrons. The molecule has 110 valence electrons. The number of benzene rings is 1. The van der Waals surface area contributed by atoms with E-state index in [1.54, 1.807) is 0 Å². The maximum atomic E-state index is 11.4. The summed E-state index contributed by atoms with van der Waals surface area (Å²) in [7, 11) is 0. The molecule has 1 aromatic heterocycles. The molecule has 0 fully saturated rings. The van der Waals surface area contributed by atoms with Gasteiger partial charge in [0.1, 0.15) is 5.60 Å². The molecule has 0 aliphatic rings. The molecule has 1 heterocycles. The number of aromatic amines is 1. The number of nitrogens with one attached hydrogen (secondary N) is 2. The molecule has 2 rings (SSSR count). The second kappa shape index (κ2) is 6.36. The molecular weight excluding hydrogens is 264 g/mol. The molecule has 1 aromatic carbocycles. The zero-order valence-electron chi connectivity index (χ0n) is 12.6. The van der Waals surface area contributed by atoms with E-state index in [2.05, 4.69) is 22.1 Å². The molecule has 0 saturated carbocycles. The topological polar surface area (TPSA) is 54.1 Å². The summed E-state index contributed by atoms with van der Waals surface area (Å²) in [6.07, 6.45) is 2.09. The molecule has 0 saturated heterocycles. The van der Waals surface area contributed by atoms with E-state index in [-0.39, 0.29) is 0 Å². The molecule has 0 aliphatic heterocycles. The van der Waals surface area contributed by atoms with E-state index in [0.29, 0.717) is 13.0 Å². The lowest BCUT2D eigenvalue weighted by atomic mass is 10.1. The van der Waals surface area contributed by atoms with E-state index in [1.807, 2.05) is 51.2 Å². The Morgan fingerprint density at radius 1 is 1.33 bits per heavy atom. The monoisotopic (exact) mass is 284 g/mol. The fraction of sp³-hybridized carbons (Fsp3) is 0.353. The van der Waals surface area contributed by atoms with Gasteiger partial charge in [-0.3, -0.25) is 0 Å². The quantitative estimate of drug-likeness (QED) is 0.655. The highest BCUT2D eigenvalue weighted by Gasteiger charge is 2.15. The van der Waals surface area contributed by atoms with Gasteiger partial charge in [0.2, 0.25) is 0 Å². The molecule has 0 bridgehead atoms. The summed E-state index contributed by atoms with van der Waals surface area (Å²) < 4.78 is 5.14. The van der Waals surface area contributed by atoms with Crippen molar-refractivity contribution >= 4 is 17.0 Å². The number of aromatic nitrogens is 1. The Kier molecular flexibility index (Phi) is 4.54. The van der Waals surface area contributed by atoms with E-state index < -0.39 is 11.7 Å². The molecule has 0 unspecified atom stereocenters. The van der Waals surface area contributed by atoms with E-state index in [9.17, 15) is 4.79 Å². The number of ether oxygens (including phenoxy) is 1. The third kappa shape index (κ3) is 4.88. The minimum Gasteiger partial charge on any atom is -0.444 e. The standard InChI is InChI=1S/C17H20N2O2/c1-17(2,3)21-16(20)19-10-5-4-6-13-7-8-14-9-11-18-15(14)12-13/h7-9,11-12,18H,5,10H2,1-3H3,(H,19,20). The van der Waals surface area contributed by atoms with Crippen LogP contribution in [-0.4, -0.2) is 23.2 Å². The summed E-state index contributed by atoms with van der Waals surface area (Å²) in [5.74, 6) is 6.13. The molecule has 4 nitrogen and oxygen atoms in total. The van der Waals surface area contributed by atoms with Crippen LogP contribution < -0.4 is 5.32 Å². The lowest BCUT2D eigenvalue weighted by Crippen LogP contribution is -2.32. The minimum absolute atomic E-state index is 0.405. The van der Waals surface area contributed by atoms with Crippen molar-refractivity contribution < 1.29 is 9.53 Å². The van der Waals surface area contributed by atoms with Crippen molar-refractivity contribution in [2.24, 2.45) is 0 Å². The number of H-pyrrole nitrogens is 1. The largest absolute Gasteiger partial charge is 0.444 e. The number of hydrogen-bond acceptors (Lipinski definition) is 2. The van der Waals surface area contributed by atoms with Gasteiger partial charge < -0.3 is 15.0 Å². The smallest absolute Gasteiger partial charge is 0.407 e. The first-order valence-electron chi connectivity index (χ1n) is 6.97. The fourth-order valence-electron chi connectivity index (χ4n) is 1.83. The van der Waals surface area contributed by atoms with Crippen molar-refractivity contribution in [2.75, 3.05) is 6.54 Å².